The van der Waals surface area contributed by atoms with Crippen molar-refractivity contribution in [1.82, 2.24) is 14.5 Å². The average molecular weight is 474 g/mol. The van der Waals surface area contributed by atoms with Crippen LogP contribution in [0.1, 0.15) is 23.8 Å². The van der Waals surface area contributed by atoms with Gasteiger partial charge in [-0.05, 0) is 68.5 Å². The zero-order valence-corrected chi connectivity index (χ0v) is 20.4. The Bertz CT molecular complexity index is 1350. The fourth-order valence-corrected chi connectivity index (χ4v) is 4.74. The standard InChI is InChI=1S/C28H30FN5O.H2/c1-31(2)23-14-15-33(18-23)26-13-12-22(16-24(26)29)32(3)28(35)21-10-8-20(9-11-21)17-34-19-30-25-6-4-5-7-27(25)34;/h4-13,16,19,23H,14-15,17-18H2,1-3H3;1H. The van der Waals surface area contributed by atoms with Gasteiger partial charge in [-0.3, -0.25) is 4.79 Å². The number of likely N-dealkylation sites (N-methyl/N-ethyl adjacent to an activating group) is 1. The van der Waals surface area contributed by atoms with Gasteiger partial charge in [0.05, 0.1) is 23.0 Å². The number of hydrogen-bond donors (Lipinski definition) is 0. The molecule has 0 aliphatic carbocycles. The van der Waals surface area contributed by atoms with Crippen molar-refractivity contribution in [1.29, 1.82) is 0 Å². The van der Waals surface area contributed by atoms with Crippen LogP contribution in [0.5, 0.6) is 0 Å². The van der Waals surface area contributed by atoms with Crippen LogP contribution in [0.15, 0.2) is 73.1 Å². The number of halogens is 1. The van der Waals surface area contributed by atoms with E-state index in [1.165, 1.54) is 11.0 Å². The number of nitrogens with zero attached hydrogens (tertiary/aromatic N) is 5. The number of hydrogen-bond acceptors (Lipinski definition) is 4. The van der Waals surface area contributed by atoms with Crippen molar-refractivity contribution >= 4 is 28.3 Å². The molecule has 5 rings (SSSR count). The van der Waals surface area contributed by atoms with Gasteiger partial charge in [0.15, 0.2) is 0 Å². The lowest BCUT2D eigenvalue weighted by atomic mass is 10.1. The van der Waals surface area contributed by atoms with Crippen molar-refractivity contribution in [2.24, 2.45) is 0 Å². The third-order valence-corrected chi connectivity index (χ3v) is 6.94. The summed E-state index contributed by atoms with van der Waals surface area (Å²) in [6.07, 6.45) is 2.85. The lowest BCUT2D eigenvalue weighted by Crippen LogP contribution is -2.31. The molecule has 1 fully saturated rings. The Balaban J connectivity index is 0.00000304. The average Bonchev–Trinajstić information content (AvgIpc) is 3.52. The predicted molar refractivity (Wildman–Crippen MR) is 141 cm³/mol. The molecule has 0 spiro atoms. The highest BCUT2D eigenvalue weighted by Crippen LogP contribution is 2.29. The molecule has 0 N–H and O–H groups in total. The first-order valence-electron chi connectivity index (χ1n) is 11.9. The third kappa shape index (κ3) is 4.64. The van der Waals surface area contributed by atoms with Gasteiger partial charge in [0.25, 0.3) is 5.91 Å². The number of rotatable bonds is 6. The van der Waals surface area contributed by atoms with Crippen LogP contribution in [0.3, 0.4) is 0 Å². The monoisotopic (exact) mass is 473 g/mol. The minimum absolute atomic E-state index is 0. The van der Waals surface area contributed by atoms with Crippen LogP contribution in [-0.4, -0.2) is 60.6 Å². The molecule has 1 atom stereocenters. The summed E-state index contributed by atoms with van der Waals surface area (Å²) in [7, 11) is 5.79. The van der Waals surface area contributed by atoms with Gasteiger partial charge in [0, 0.05) is 45.4 Å². The Hall–Kier alpha value is -3.71. The molecule has 1 amide bonds. The molecule has 1 unspecified atom stereocenters. The van der Waals surface area contributed by atoms with Gasteiger partial charge in [0.1, 0.15) is 5.82 Å². The summed E-state index contributed by atoms with van der Waals surface area (Å²) in [4.78, 5) is 23.3. The zero-order chi connectivity index (χ0) is 24.5. The molecule has 1 saturated heterocycles. The number of para-hydroxylation sites is 2. The van der Waals surface area contributed by atoms with E-state index < -0.39 is 0 Å². The molecule has 0 bridgehead atoms. The van der Waals surface area contributed by atoms with Crippen molar-refractivity contribution < 1.29 is 10.6 Å². The Morgan fingerprint density at radius 3 is 2.57 bits per heavy atom. The lowest BCUT2D eigenvalue weighted by molar-refractivity contribution is 0.0993. The van der Waals surface area contributed by atoms with E-state index in [4.69, 9.17) is 0 Å². The van der Waals surface area contributed by atoms with E-state index in [0.717, 1.165) is 36.1 Å². The first-order valence-corrected chi connectivity index (χ1v) is 11.9. The highest BCUT2D eigenvalue weighted by atomic mass is 19.1. The summed E-state index contributed by atoms with van der Waals surface area (Å²) in [5.41, 5.74) is 4.79. The minimum Gasteiger partial charge on any atom is -0.368 e. The topological polar surface area (TPSA) is 44.6 Å². The van der Waals surface area contributed by atoms with E-state index >= 15 is 4.39 Å². The third-order valence-electron chi connectivity index (χ3n) is 6.94. The lowest BCUT2D eigenvalue weighted by Gasteiger charge is -2.24. The van der Waals surface area contributed by atoms with Crippen molar-refractivity contribution in [2.45, 2.75) is 19.0 Å². The second-order valence-corrected chi connectivity index (χ2v) is 9.41. The number of carbonyl (C=O) groups is 1. The SMILES string of the molecule is CN(C(=O)c1ccc(Cn2cnc3ccccc32)cc1)c1ccc(N2CCC(N(C)C)C2)c(F)c1.[HH]. The van der Waals surface area contributed by atoms with Crippen LogP contribution < -0.4 is 9.80 Å². The van der Waals surface area contributed by atoms with Gasteiger partial charge in [0.2, 0.25) is 0 Å². The van der Waals surface area contributed by atoms with Gasteiger partial charge < -0.3 is 19.3 Å². The fourth-order valence-electron chi connectivity index (χ4n) is 4.74. The molecule has 1 aliphatic heterocycles. The Morgan fingerprint density at radius 2 is 1.86 bits per heavy atom. The molecule has 0 saturated carbocycles. The number of carbonyl (C=O) groups excluding carboxylic acids is 1. The van der Waals surface area contributed by atoms with Gasteiger partial charge in [-0.25, -0.2) is 9.37 Å². The summed E-state index contributed by atoms with van der Waals surface area (Å²) in [6.45, 7) is 2.30. The molecule has 1 aliphatic rings. The first kappa shape index (κ1) is 23.1. The van der Waals surface area contributed by atoms with Crippen molar-refractivity contribution in [2.75, 3.05) is 44.0 Å². The van der Waals surface area contributed by atoms with E-state index in [1.54, 1.807) is 13.1 Å². The minimum atomic E-state index is -0.301. The quantitative estimate of drug-likeness (QED) is 0.400. The smallest absolute Gasteiger partial charge is 0.258 e. The predicted octanol–water partition coefficient (Wildman–Crippen LogP) is 4.89. The summed E-state index contributed by atoms with van der Waals surface area (Å²) < 4.78 is 17.1. The molecule has 2 heterocycles. The first-order chi connectivity index (χ1) is 16.9. The number of imidazole rings is 1. The maximum absolute atomic E-state index is 15.0. The van der Waals surface area contributed by atoms with Gasteiger partial charge in [-0.1, -0.05) is 24.3 Å². The van der Waals surface area contributed by atoms with Crippen molar-refractivity contribution in [3.8, 4) is 0 Å². The van der Waals surface area contributed by atoms with Gasteiger partial charge >= 0.3 is 0 Å². The number of anilines is 2. The summed E-state index contributed by atoms with van der Waals surface area (Å²) in [5.74, 6) is -0.477. The van der Waals surface area contributed by atoms with E-state index in [-0.39, 0.29) is 13.2 Å². The highest BCUT2D eigenvalue weighted by molar-refractivity contribution is 6.05. The van der Waals surface area contributed by atoms with E-state index in [9.17, 15) is 4.79 Å². The van der Waals surface area contributed by atoms with E-state index in [2.05, 4.69) is 33.4 Å². The number of fused-ring (bicyclic) bond motifs is 1. The molecule has 1 aromatic heterocycles. The van der Waals surface area contributed by atoms with E-state index in [1.807, 2.05) is 60.9 Å². The Kier molecular flexibility index (Phi) is 6.26. The maximum Gasteiger partial charge on any atom is 0.258 e. The van der Waals surface area contributed by atoms with Crippen LogP contribution in [0, 0.1) is 5.82 Å². The van der Waals surface area contributed by atoms with Crippen LogP contribution >= 0.6 is 0 Å². The second-order valence-electron chi connectivity index (χ2n) is 9.41. The molecule has 6 nitrogen and oxygen atoms in total. The fraction of sp³-hybridized carbons (Fsp3) is 0.286. The van der Waals surface area contributed by atoms with E-state index in [0.29, 0.717) is 29.5 Å². The number of benzene rings is 3. The van der Waals surface area contributed by atoms with Crippen LogP contribution in [-0.2, 0) is 6.54 Å². The second kappa shape index (κ2) is 9.50. The largest absolute Gasteiger partial charge is 0.368 e. The molecule has 7 heteroatoms. The summed E-state index contributed by atoms with van der Waals surface area (Å²) in [6, 6.07) is 21.0. The number of amides is 1. The van der Waals surface area contributed by atoms with Gasteiger partial charge in [-0.15, -0.1) is 0 Å². The van der Waals surface area contributed by atoms with Crippen molar-refractivity contribution in [3.05, 3.63) is 90.0 Å². The molecular weight excluding hydrogens is 441 g/mol. The van der Waals surface area contributed by atoms with Crippen LogP contribution in [0.2, 0.25) is 0 Å². The molecule has 3 aromatic carbocycles. The highest BCUT2D eigenvalue weighted by Gasteiger charge is 2.26. The number of aromatic nitrogens is 2. The summed E-state index contributed by atoms with van der Waals surface area (Å²) >= 11 is 0. The Labute approximate surface area is 206 Å². The molecule has 4 aromatic rings. The van der Waals surface area contributed by atoms with Crippen molar-refractivity contribution in [3.63, 3.8) is 0 Å². The molecule has 182 valence electrons. The van der Waals surface area contributed by atoms with Crippen LogP contribution in [0.4, 0.5) is 15.8 Å². The maximum atomic E-state index is 15.0. The summed E-state index contributed by atoms with van der Waals surface area (Å²) in [5, 5.41) is 0. The Morgan fingerprint density at radius 1 is 1.09 bits per heavy atom. The zero-order valence-electron chi connectivity index (χ0n) is 20.4. The molecule has 35 heavy (non-hydrogen) atoms. The van der Waals surface area contributed by atoms with Gasteiger partial charge in [-0.2, -0.15) is 0 Å². The molecular formula is C28H32FN5O. The normalized spacial score (nSPS) is 15.8. The molecule has 0 radical (unpaired) electrons. The van der Waals surface area contributed by atoms with Crippen LogP contribution in [0.25, 0.3) is 11.0 Å².